The lowest BCUT2D eigenvalue weighted by atomic mass is 10.1. The Balaban J connectivity index is 3.33. The predicted molar refractivity (Wildman–Crippen MR) is 74.0 cm³/mol. The molecule has 114 valence electrons. The van der Waals surface area contributed by atoms with E-state index in [1.54, 1.807) is 0 Å². The van der Waals surface area contributed by atoms with E-state index in [2.05, 4.69) is 30.6 Å². The van der Waals surface area contributed by atoms with Crippen molar-refractivity contribution >= 4 is 33.4 Å². The van der Waals surface area contributed by atoms with Gasteiger partial charge < -0.3 is 10.5 Å². The molecule has 0 aliphatic carbocycles. The molecule has 21 heavy (non-hydrogen) atoms. The van der Waals surface area contributed by atoms with E-state index in [0.717, 1.165) is 0 Å². The smallest absolute Gasteiger partial charge is 0.434 e. The van der Waals surface area contributed by atoms with Gasteiger partial charge in [0.1, 0.15) is 10.2 Å². The van der Waals surface area contributed by atoms with Crippen LogP contribution in [-0.4, -0.2) is 29.4 Å². The number of nitrogens with two attached hydrogens (primary N) is 1. The van der Waals surface area contributed by atoms with E-state index in [1.165, 1.54) is 25.1 Å². The van der Waals surface area contributed by atoms with E-state index < -0.39 is 23.4 Å². The predicted octanol–water partition coefficient (Wildman–Crippen LogP) is 2.88. The number of ether oxygens (including phenoxy) is 1. The van der Waals surface area contributed by atoms with Crippen LogP contribution >= 0.6 is 15.9 Å². The molecule has 9 heteroatoms. The fraction of sp³-hybridized carbons (Fsp3) is 0.250. The summed E-state index contributed by atoms with van der Waals surface area (Å²) in [6.07, 6.45) is -4.37. The number of halogens is 4. The first kappa shape index (κ1) is 17.2. The van der Waals surface area contributed by atoms with Crippen LogP contribution < -0.4 is 5.73 Å². The first-order valence-corrected chi connectivity index (χ1v) is 6.46. The van der Waals surface area contributed by atoms with E-state index in [0.29, 0.717) is 10.8 Å². The van der Waals surface area contributed by atoms with Gasteiger partial charge in [-0.2, -0.15) is 13.2 Å². The molecule has 5 nitrogen and oxygen atoms in total. The van der Waals surface area contributed by atoms with E-state index in [-0.39, 0.29) is 12.4 Å². The lowest BCUT2D eigenvalue weighted by Crippen LogP contribution is -2.30. The van der Waals surface area contributed by atoms with E-state index in [1.807, 2.05) is 0 Å². The minimum absolute atomic E-state index is 0.0869. The molecule has 1 rings (SSSR count). The zero-order chi connectivity index (χ0) is 16.0. The highest BCUT2D eigenvalue weighted by Gasteiger charge is 2.41. The molecule has 0 spiro atoms. The van der Waals surface area contributed by atoms with Crippen molar-refractivity contribution < 1.29 is 22.7 Å². The van der Waals surface area contributed by atoms with Crippen LogP contribution in [0.1, 0.15) is 6.92 Å². The number of pyridine rings is 1. The highest BCUT2D eigenvalue weighted by Crippen LogP contribution is 2.26. The summed E-state index contributed by atoms with van der Waals surface area (Å²) in [4.78, 5) is 18.7. The number of nitrogens with zero attached hydrogens (tertiary/aromatic N) is 2. The molecule has 0 saturated carbocycles. The van der Waals surface area contributed by atoms with Crippen LogP contribution in [0.2, 0.25) is 0 Å². The summed E-state index contributed by atoms with van der Waals surface area (Å²) in [6.45, 7) is 1.38. The van der Waals surface area contributed by atoms with Crippen LogP contribution in [0, 0.1) is 0 Å². The molecule has 0 radical (unpaired) electrons. The molecule has 0 bridgehead atoms. The van der Waals surface area contributed by atoms with Crippen LogP contribution in [0.5, 0.6) is 0 Å². The van der Waals surface area contributed by atoms with E-state index in [9.17, 15) is 18.0 Å². The van der Waals surface area contributed by atoms with Gasteiger partial charge in [0.15, 0.2) is 11.5 Å². The minimum Gasteiger partial charge on any atom is -0.462 e. The number of carbonyl (C=O) groups is 1. The fourth-order valence-electron chi connectivity index (χ4n) is 1.30. The average Bonchev–Trinajstić information content (AvgIpc) is 2.37. The standard InChI is InChI=1S/C12H11BrF3N3O2/c1-2-21-11(20)7(6-17)10(12(14,15)16)19-9-5-3-4-8(13)18-9/h3-6H,2,17H2,1H3/b7-6+,19-10?. The molecule has 1 aromatic heterocycles. The van der Waals surface area contributed by atoms with Crippen molar-refractivity contribution in [3.63, 3.8) is 0 Å². The van der Waals surface area contributed by atoms with E-state index >= 15 is 0 Å². The van der Waals surface area contributed by atoms with Gasteiger partial charge >= 0.3 is 12.1 Å². The topological polar surface area (TPSA) is 77.6 Å². The van der Waals surface area contributed by atoms with Gasteiger partial charge in [-0.25, -0.2) is 14.8 Å². The first-order chi connectivity index (χ1) is 9.79. The van der Waals surface area contributed by atoms with Crippen molar-refractivity contribution in [3.8, 4) is 0 Å². The zero-order valence-electron chi connectivity index (χ0n) is 10.8. The highest BCUT2D eigenvalue weighted by molar-refractivity contribution is 9.10. The molecular weight excluding hydrogens is 355 g/mol. The summed E-state index contributed by atoms with van der Waals surface area (Å²) in [6, 6.07) is 4.24. The molecule has 0 fully saturated rings. The number of aromatic nitrogens is 1. The van der Waals surface area contributed by atoms with Gasteiger partial charge in [-0.05, 0) is 35.0 Å². The average molecular weight is 366 g/mol. The van der Waals surface area contributed by atoms with Gasteiger partial charge in [-0.15, -0.1) is 0 Å². The monoisotopic (exact) mass is 365 g/mol. The minimum atomic E-state index is -4.89. The number of hydrogen-bond acceptors (Lipinski definition) is 5. The summed E-state index contributed by atoms with van der Waals surface area (Å²) in [5, 5.41) is 0. The molecule has 0 aromatic carbocycles. The second-order valence-electron chi connectivity index (χ2n) is 3.58. The SMILES string of the molecule is CCOC(=O)/C(=C/N)C(=Nc1cccc(Br)n1)C(F)(F)F. The van der Waals surface area contributed by atoms with Crippen molar-refractivity contribution in [3.05, 3.63) is 34.6 Å². The molecule has 0 amide bonds. The number of alkyl halides is 3. The molecule has 1 aromatic rings. The van der Waals surface area contributed by atoms with Crippen LogP contribution in [-0.2, 0) is 9.53 Å². The molecule has 0 atom stereocenters. The maximum atomic E-state index is 13.1. The summed E-state index contributed by atoms with van der Waals surface area (Å²) in [5.41, 5.74) is 2.78. The lowest BCUT2D eigenvalue weighted by Gasteiger charge is -2.12. The Bertz CT molecular complexity index is 585. The Morgan fingerprint density at radius 2 is 2.19 bits per heavy atom. The maximum Gasteiger partial charge on any atom is 0.434 e. The molecule has 0 saturated heterocycles. The van der Waals surface area contributed by atoms with Gasteiger partial charge in [0.05, 0.1) is 6.61 Å². The van der Waals surface area contributed by atoms with Crippen LogP contribution in [0.3, 0.4) is 0 Å². The van der Waals surface area contributed by atoms with E-state index in [4.69, 9.17) is 5.73 Å². The van der Waals surface area contributed by atoms with Crippen molar-refractivity contribution in [1.29, 1.82) is 0 Å². The zero-order valence-corrected chi connectivity index (χ0v) is 12.4. The van der Waals surface area contributed by atoms with Gasteiger partial charge in [0.2, 0.25) is 0 Å². The van der Waals surface area contributed by atoms with Crippen LogP contribution in [0.4, 0.5) is 19.0 Å². The highest BCUT2D eigenvalue weighted by atomic mass is 79.9. The number of hydrogen-bond donors (Lipinski definition) is 1. The molecule has 0 unspecified atom stereocenters. The Hall–Kier alpha value is -1.90. The van der Waals surface area contributed by atoms with Gasteiger partial charge in [-0.3, -0.25) is 0 Å². The Morgan fingerprint density at radius 3 is 2.67 bits per heavy atom. The number of carbonyl (C=O) groups excluding carboxylic acids is 1. The summed E-state index contributed by atoms with van der Waals surface area (Å²) >= 11 is 3.02. The summed E-state index contributed by atoms with van der Waals surface area (Å²) in [5.74, 6) is -1.42. The number of aliphatic imine (C=N–C) groups is 1. The third kappa shape index (κ3) is 4.85. The van der Waals surface area contributed by atoms with Gasteiger partial charge in [0, 0.05) is 6.20 Å². The number of rotatable bonds is 4. The van der Waals surface area contributed by atoms with Gasteiger partial charge in [0.25, 0.3) is 0 Å². The Kier molecular flexibility index (Phi) is 5.89. The quantitative estimate of drug-likeness (QED) is 0.385. The molecular formula is C12H11BrF3N3O2. The van der Waals surface area contributed by atoms with Crippen LogP contribution in [0.15, 0.2) is 39.6 Å². The molecule has 1 heterocycles. The van der Waals surface area contributed by atoms with Crippen molar-refractivity contribution in [2.24, 2.45) is 10.7 Å². The third-order valence-electron chi connectivity index (χ3n) is 2.11. The Labute approximate surface area is 126 Å². The van der Waals surface area contributed by atoms with Crippen molar-refractivity contribution in [1.82, 2.24) is 4.98 Å². The maximum absolute atomic E-state index is 13.1. The van der Waals surface area contributed by atoms with Crippen LogP contribution in [0.25, 0.3) is 0 Å². The molecule has 0 aliphatic heterocycles. The second kappa shape index (κ2) is 7.21. The van der Waals surface area contributed by atoms with Crippen molar-refractivity contribution in [2.75, 3.05) is 6.61 Å². The first-order valence-electron chi connectivity index (χ1n) is 5.67. The number of esters is 1. The summed E-state index contributed by atoms with van der Waals surface area (Å²) < 4.78 is 44.0. The largest absolute Gasteiger partial charge is 0.462 e. The third-order valence-corrected chi connectivity index (χ3v) is 2.55. The van der Waals surface area contributed by atoms with Gasteiger partial charge in [-0.1, -0.05) is 6.07 Å². The van der Waals surface area contributed by atoms with Crippen molar-refractivity contribution in [2.45, 2.75) is 13.1 Å². The molecule has 2 N–H and O–H groups in total. The normalized spacial score (nSPS) is 13.2. The molecule has 0 aliphatic rings. The fourth-order valence-corrected chi connectivity index (χ4v) is 1.64. The second-order valence-corrected chi connectivity index (χ2v) is 4.39. The Morgan fingerprint density at radius 1 is 1.52 bits per heavy atom. The lowest BCUT2D eigenvalue weighted by molar-refractivity contribution is -0.138. The summed E-state index contributed by atoms with van der Waals surface area (Å²) in [7, 11) is 0.